The average molecular weight is 263 g/mol. The number of likely N-dealkylation sites (N-methyl/N-ethyl adjacent to an activating group) is 1. The second kappa shape index (κ2) is 6.04. The SMILES string of the molecule is CC1OCCC1N(C)C(=O)Nc1cccc(CN)c1. The Morgan fingerprint density at radius 3 is 3.00 bits per heavy atom. The van der Waals surface area contributed by atoms with E-state index in [1.165, 1.54) is 0 Å². The monoisotopic (exact) mass is 263 g/mol. The van der Waals surface area contributed by atoms with Crippen molar-refractivity contribution in [2.24, 2.45) is 5.73 Å². The predicted octanol–water partition coefficient (Wildman–Crippen LogP) is 1.79. The molecule has 1 aliphatic heterocycles. The molecule has 104 valence electrons. The molecule has 2 unspecified atom stereocenters. The van der Waals surface area contributed by atoms with Crippen LogP contribution in [0.3, 0.4) is 0 Å². The summed E-state index contributed by atoms with van der Waals surface area (Å²) >= 11 is 0. The Morgan fingerprint density at radius 2 is 2.37 bits per heavy atom. The normalized spacial score (nSPS) is 22.3. The molecular weight excluding hydrogens is 242 g/mol. The quantitative estimate of drug-likeness (QED) is 0.873. The number of amides is 2. The van der Waals surface area contributed by atoms with E-state index in [2.05, 4.69) is 5.32 Å². The molecule has 5 heteroatoms. The highest BCUT2D eigenvalue weighted by Crippen LogP contribution is 2.19. The Morgan fingerprint density at radius 1 is 1.58 bits per heavy atom. The van der Waals surface area contributed by atoms with Gasteiger partial charge in [0.2, 0.25) is 0 Å². The molecule has 0 bridgehead atoms. The minimum absolute atomic E-state index is 0.0890. The van der Waals surface area contributed by atoms with Gasteiger partial charge >= 0.3 is 6.03 Å². The molecule has 5 nitrogen and oxygen atoms in total. The average Bonchev–Trinajstić information content (AvgIpc) is 2.84. The second-order valence-electron chi connectivity index (χ2n) is 4.88. The highest BCUT2D eigenvalue weighted by atomic mass is 16.5. The molecule has 0 spiro atoms. The molecule has 1 heterocycles. The summed E-state index contributed by atoms with van der Waals surface area (Å²) in [6.07, 6.45) is 0.972. The van der Waals surface area contributed by atoms with Gasteiger partial charge < -0.3 is 20.7 Å². The van der Waals surface area contributed by atoms with Crippen molar-refractivity contribution in [3.63, 3.8) is 0 Å². The van der Waals surface area contributed by atoms with Gasteiger partial charge in [-0.15, -0.1) is 0 Å². The molecule has 2 atom stereocenters. The first kappa shape index (κ1) is 13.8. The van der Waals surface area contributed by atoms with Crippen LogP contribution in [0.15, 0.2) is 24.3 Å². The zero-order valence-electron chi connectivity index (χ0n) is 11.4. The van der Waals surface area contributed by atoms with Crippen LogP contribution in [0, 0.1) is 0 Å². The van der Waals surface area contributed by atoms with Crippen LogP contribution in [0.4, 0.5) is 10.5 Å². The van der Waals surface area contributed by atoms with E-state index in [1.54, 1.807) is 11.9 Å². The van der Waals surface area contributed by atoms with E-state index >= 15 is 0 Å². The molecule has 0 aromatic heterocycles. The second-order valence-corrected chi connectivity index (χ2v) is 4.88. The Hall–Kier alpha value is -1.59. The zero-order chi connectivity index (χ0) is 13.8. The van der Waals surface area contributed by atoms with E-state index in [1.807, 2.05) is 31.2 Å². The van der Waals surface area contributed by atoms with Crippen LogP contribution in [0.25, 0.3) is 0 Å². The maximum absolute atomic E-state index is 12.2. The Bertz CT molecular complexity index is 450. The summed E-state index contributed by atoms with van der Waals surface area (Å²) in [5, 5.41) is 2.89. The van der Waals surface area contributed by atoms with E-state index in [4.69, 9.17) is 10.5 Å². The smallest absolute Gasteiger partial charge is 0.321 e. The molecule has 2 amide bonds. The van der Waals surface area contributed by atoms with Crippen molar-refractivity contribution < 1.29 is 9.53 Å². The van der Waals surface area contributed by atoms with Crippen LogP contribution in [0.2, 0.25) is 0 Å². The Balaban J connectivity index is 1.99. The van der Waals surface area contributed by atoms with Gasteiger partial charge in [-0.2, -0.15) is 0 Å². The van der Waals surface area contributed by atoms with Gasteiger partial charge in [0.1, 0.15) is 0 Å². The summed E-state index contributed by atoms with van der Waals surface area (Å²) in [7, 11) is 1.80. The number of ether oxygens (including phenoxy) is 1. The fourth-order valence-electron chi connectivity index (χ4n) is 2.37. The molecule has 0 saturated carbocycles. The van der Waals surface area contributed by atoms with Gasteiger partial charge in [0, 0.05) is 25.9 Å². The molecule has 1 saturated heterocycles. The number of anilines is 1. The van der Waals surface area contributed by atoms with Crippen LogP contribution in [-0.4, -0.2) is 36.7 Å². The largest absolute Gasteiger partial charge is 0.376 e. The van der Waals surface area contributed by atoms with Crippen molar-refractivity contribution in [1.82, 2.24) is 4.90 Å². The van der Waals surface area contributed by atoms with Crippen molar-refractivity contribution in [2.45, 2.75) is 32.0 Å². The van der Waals surface area contributed by atoms with Crippen molar-refractivity contribution in [2.75, 3.05) is 19.0 Å². The minimum Gasteiger partial charge on any atom is -0.376 e. The maximum Gasteiger partial charge on any atom is 0.321 e. The van der Waals surface area contributed by atoms with Gasteiger partial charge in [0.05, 0.1) is 12.1 Å². The van der Waals surface area contributed by atoms with Gasteiger partial charge in [-0.25, -0.2) is 4.79 Å². The molecule has 0 aliphatic carbocycles. The van der Waals surface area contributed by atoms with E-state index in [-0.39, 0.29) is 18.2 Å². The first-order valence-corrected chi connectivity index (χ1v) is 6.56. The maximum atomic E-state index is 12.2. The van der Waals surface area contributed by atoms with Crippen LogP contribution in [0.1, 0.15) is 18.9 Å². The van der Waals surface area contributed by atoms with Gasteiger partial charge in [0.25, 0.3) is 0 Å². The van der Waals surface area contributed by atoms with Gasteiger partial charge in [-0.3, -0.25) is 0 Å². The Labute approximate surface area is 113 Å². The third-order valence-electron chi connectivity index (χ3n) is 3.57. The lowest BCUT2D eigenvalue weighted by molar-refractivity contribution is 0.0929. The number of hydrogen-bond acceptors (Lipinski definition) is 3. The van der Waals surface area contributed by atoms with Crippen LogP contribution in [0.5, 0.6) is 0 Å². The van der Waals surface area contributed by atoms with E-state index in [0.717, 1.165) is 17.7 Å². The summed E-state index contributed by atoms with van der Waals surface area (Å²) in [6, 6.07) is 7.60. The highest BCUT2D eigenvalue weighted by Gasteiger charge is 2.30. The number of nitrogens with zero attached hydrogens (tertiary/aromatic N) is 1. The summed E-state index contributed by atoms with van der Waals surface area (Å²) in [6.45, 7) is 3.18. The summed E-state index contributed by atoms with van der Waals surface area (Å²) in [4.78, 5) is 13.9. The highest BCUT2D eigenvalue weighted by molar-refractivity contribution is 5.89. The van der Waals surface area contributed by atoms with E-state index in [9.17, 15) is 4.79 Å². The molecule has 1 aliphatic rings. The van der Waals surface area contributed by atoms with Crippen molar-refractivity contribution in [1.29, 1.82) is 0 Å². The lowest BCUT2D eigenvalue weighted by atomic mass is 10.1. The number of hydrogen-bond donors (Lipinski definition) is 2. The summed E-state index contributed by atoms with van der Waals surface area (Å²) in [5.41, 5.74) is 7.36. The molecule has 1 aromatic carbocycles. The standard InChI is InChI=1S/C14H21N3O2/c1-10-13(6-7-19-10)17(2)14(18)16-12-5-3-4-11(8-12)9-15/h3-5,8,10,13H,6-7,9,15H2,1-2H3,(H,16,18). The molecule has 1 aromatic rings. The number of carbonyl (C=O) groups is 1. The number of nitrogens with two attached hydrogens (primary N) is 1. The topological polar surface area (TPSA) is 67.6 Å². The molecule has 1 fully saturated rings. The fraction of sp³-hybridized carbons (Fsp3) is 0.500. The third kappa shape index (κ3) is 3.24. The summed E-state index contributed by atoms with van der Waals surface area (Å²) < 4.78 is 5.49. The van der Waals surface area contributed by atoms with E-state index < -0.39 is 0 Å². The molecule has 2 rings (SSSR count). The fourth-order valence-corrected chi connectivity index (χ4v) is 2.37. The minimum atomic E-state index is -0.114. The van der Waals surface area contributed by atoms with Crippen LogP contribution >= 0.6 is 0 Å². The number of benzene rings is 1. The van der Waals surface area contributed by atoms with Gasteiger partial charge in [-0.05, 0) is 31.0 Å². The molecular formula is C14H21N3O2. The predicted molar refractivity (Wildman–Crippen MR) is 74.9 cm³/mol. The summed E-state index contributed by atoms with van der Waals surface area (Å²) in [5.74, 6) is 0. The van der Waals surface area contributed by atoms with Gasteiger partial charge in [0.15, 0.2) is 0 Å². The van der Waals surface area contributed by atoms with Crippen molar-refractivity contribution in [3.05, 3.63) is 29.8 Å². The van der Waals surface area contributed by atoms with Crippen molar-refractivity contribution >= 4 is 11.7 Å². The number of rotatable bonds is 3. The number of nitrogens with one attached hydrogen (secondary N) is 1. The molecule has 19 heavy (non-hydrogen) atoms. The number of carbonyl (C=O) groups excluding carboxylic acids is 1. The molecule has 0 radical (unpaired) electrons. The zero-order valence-corrected chi connectivity index (χ0v) is 11.4. The number of urea groups is 1. The lowest BCUT2D eigenvalue weighted by Gasteiger charge is -2.27. The molecule has 3 N–H and O–H groups in total. The Kier molecular flexibility index (Phi) is 4.39. The van der Waals surface area contributed by atoms with Gasteiger partial charge in [-0.1, -0.05) is 12.1 Å². The van der Waals surface area contributed by atoms with Crippen LogP contribution in [-0.2, 0) is 11.3 Å². The first-order valence-electron chi connectivity index (χ1n) is 6.56. The van der Waals surface area contributed by atoms with Crippen molar-refractivity contribution in [3.8, 4) is 0 Å². The van der Waals surface area contributed by atoms with Crippen LogP contribution < -0.4 is 11.1 Å². The lowest BCUT2D eigenvalue weighted by Crippen LogP contribution is -2.43. The third-order valence-corrected chi connectivity index (χ3v) is 3.57. The van der Waals surface area contributed by atoms with E-state index in [0.29, 0.717) is 13.2 Å². The first-order chi connectivity index (χ1) is 9.11.